The van der Waals surface area contributed by atoms with E-state index in [2.05, 4.69) is 41.2 Å². The molecule has 2 N–H and O–H groups in total. The summed E-state index contributed by atoms with van der Waals surface area (Å²) < 4.78 is 11.0. The van der Waals surface area contributed by atoms with Crippen molar-refractivity contribution in [2.75, 3.05) is 71.4 Å². The Morgan fingerprint density at radius 1 is 1.10 bits per heavy atom. The molecule has 1 atom stereocenters. The summed E-state index contributed by atoms with van der Waals surface area (Å²) in [5.74, 6) is 2.77. The molecule has 1 fully saturated rings. The van der Waals surface area contributed by atoms with E-state index < -0.39 is 0 Å². The van der Waals surface area contributed by atoms with E-state index in [0.717, 1.165) is 56.7 Å². The lowest BCUT2D eigenvalue weighted by molar-refractivity contribution is 0.125. The molecule has 8 heteroatoms. The number of nitrogens with zero attached hydrogens (tertiary/aromatic N) is 3. The summed E-state index contributed by atoms with van der Waals surface area (Å²) in [6, 6.07) is 5.85. The molecule has 1 aromatic rings. The Hall–Kier alpha value is -1.26. The number of methoxy groups -OCH3 is 1. The van der Waals surface area contributed by atoms with Crippen LogP contribution in [0.4, 0.5) is 5.69 Å². The molecule has 1 heterocycles. The summed E-state index contributed by atoms with van der Waals surface area (Å²) in [6.07, 6.45) is 0. The van der Waals surface area contributed by atoms with Crippen LogP contribution in [0.25, 0.3) is 0 Å². The van der Waals surface area contributed by atoms with Crippen molar-refractivity contribution >= 4 is 35.6 Å². The number of guanidine groups is 1. The van der Waals surface area contributed by atoms with Gasteiger partial charge in [0.1, 0.15) is 0 Å². The topological polar surface area (TPSA) is 61.4 Å². The predicted octanol–water partition coefficient (Wildman–Crippen LogP) is 3.36. The van der Waals surface area contributed by atoms with Gasteiger partial charge in [0.05, 0.1) is 13.7 Å². The normalized spacial score (nSPS) is 16.5. The highest BCUT2D eigenvalue weighted by atomic mass is 127. The Morgan fingerprint density at radius 2 is 1.80 bits per heavy atom. The van der Waals surface area contributed by atoms with Crippen LogP contribution in [0.1, 0.15) is 27.7 Å². The molecule has 1 aliphatic rings. The van der Waals surface area contributed by atoms with Gasteiger partial charge in [-0.05, 0) is 38.4 Å². The average molecular weight is 533 g/mol. The van der Waals surface area contributed by atoms with Gasteiger partial charge >= 0.3 is 0 Å². The molecule has 7 nitrogen and oxygen atoms in total. The van der Waals surface area contributed by atoms with Crippen molar-refractivity contribution in [1.29, 1.82) is 0 Å². The number of aliphatic imine (C=N–C) groups is 1. The number of ether oxygens (including phenoxy) is 2. The third-order valence-electron chi connectivity index (χ3n) is 5.11. The highest BCUT2D eigenvalue weighted by Gasteiger charge is 2.17. The fraction of sp³-hybridized carbons (Fsp3) is 0.682. The second kappa shape index (κ2) is 14.7. The molecule has 2 rings (SSSR count). The number of halogens is 1. The minimum absolute atomic E-state index is 0. The maximum atomic E-state index is 5.59. The van der Waals surface area contributed by atoms with Crippen LogP contribution < -0.4 is 20.1 Å². The number of piperazine rings is 1. The van der Waals surface area contributed by atoms with Gasteiger partial charge in [-0.25, -0.2) is 0 Å². The minimum Gasteiger partial charge on any atom is -0.493 e. The zero-order valence-corrected chi connectivity index (χ0v) is 21.6. The van der Waals surface area contributed by atoms with E-state index in [9.17, 15) is 0 Å². The first kappa shape index (κ1) is 26.8. The molecular formula is C22H40IN5O2. The monoisotopic (exact) mass is 533 g/mol. The van der Waals surface area contributed by atoms with Gasteiger partial charge in [-0.2, -0.15) is 0 Å². The van der Waals surface area contributed by atoms with Crippen molar-refractivity contribution < 1.29 is 9.47 Å². The second-order valence-corrected chi connectivity index (χ2v) is 7.48. The van der Waals surface area contributed by atoms with Gasteiger partial charge in [-0.15, -0.1) is 24.0 Å². The number of hydrogen-bond acceptors (Lipinski definition) is 5. The van der Waals surface area contributed by atoms with Gasteiger partial charge in [0.2, 0.25) is 0 Å². The molecule has 30 heavy (non-hydrogen) atoms. The summed E-state index contributed by atoms with van der Waals surface area (Å²) >= 11 is 0. The molecule has 1 aliphatic heterocycles. The van der Waals surface area contributed by atoms with Crippen molar-refractivity contribution in [3.05, 3.63) is 18.2 Å². The molecule has 0 aliphatic carbocycles. The van der Waals surface area contributed by atoms with Crippen LogP contribution in [0, 0.1) is 5.92 Å². The van der Waals surface area contributed by atoms with Crippen LogP contribution in [-0.2, 0) is 0 Å². The summed E-state index contributed by atoms with van der Waals surface area (Å²) in [5, 5.41) is 6.71. The van der Waals surface area contributed by atoms with Crippen LogP contribution in [0.15, 0.2) is 23.2 Å². The van der Waals surface area contributed by atoms with E-state index in [4.69, 9.17) is 14.5 Å². The van der Waals surface area contributed by atoms with E-state index >= 15 is 0 Å². The van der Waals surface area contributed by atoms with E-state index in [0.29, 0.717) is 18.3 Å². The van der Waals surface area contributed by atoms with Crippen molar-refractivity contribution in [3.63, 3.8) is 0 Å². The molecule has 0 amide bonds. The van der Waals surface area contributed by atoms with Gasteiger partial charge in [-0.3, -0.25) is 4.99 Å². The molecule has 1 aromatic carbocycles. The lowest BCUT2D eigenvalue weighted by Crippen LogP contribution is -2.47. The Kier molecular flexibility index (Phi) is 13.1. The maximum absolute atomic E-state index is 5.59. The van der Waals surface area contributed by atoms with E-state index in [1.54, 1.807) is 7.11 Å². The number of likely N-dealkylation sites (N-methyl/N-ethyl adjacent to an activating group) is 1. The second-order valence-electron chi connectivity index (χ2n) is 7.48. The predicted molar refractivity (Wildman–Crippen MR) is 137 cm³/mol. The van der Waals surface area contributed by atoms with Crippen molar-refractivity contribution in [2.24, 2.45) is 10.9 Å². The molecule has 1 saturated heterocycles. The van der Waals surface area contributed by atoms with Gasteiger partial charge in [0.15, 0.2) is 17.5 Å². The smallest absolute Gasteiger partial charge is 0.195 e. The third-order valence-corrected chi connectivity index (χ3v) is 5.11. The first-order valence-electron chi connectivity index (χ1n) is 10.9. The quantitative estimate of drug-likeness (QED) is 0.273. The Balaban J connectivity index is 0.00000450. The van der Waals surface area contributed by atoms with Gasteiger partial charge in [0.25, 0.3) is 0 Å². The van der Waals surface area contributed by atoms with Gasteiger partial charge in [0, 0.05) is 57.6 Å². The Labute approximate surface area is 199 Å². The van der Waals surface area contributed by atoms with Crippen molar-refractivity contribution in [2.45, 2.75) is 27.7 Å². The Morgan fingerprint density at radius 3 is 2.40 bits per heavy atom. The zero-order valence-electron chi connectivity index (χ0n) is 19.2. The molecule has 172 valence electrons. The molecule has 0 aromatic heterocycles. The van der Waals surface area contributed by atoms with E-state index in [-0.39, 0.29) is 24.0 Å². The van der Waals surface area contributed by atoms with Crippen LogP contribution in [0.3, 0.4) is 0 Å². The largest absolute Gasteiger partial charge is 0.493 e. The van der Waals surface area contributed by atoms with Crippen LogP contribution in [-0.4, -0.2) is 81.8 Å². The Bertz CT molecular complexity index is 636. The highest BCUT2D eigenvalue weighted by molar-refractivity contribution is 14.0. The first-order valence-corrected chi connectivity index (χ1v) is 10.9. The summed E-state index contributed by atoms with van der Waals surface area (Å²) in [6.45, 7) is 17.7. The van der Waals surface area contributed by atoms with Gasteiger partial charge < -0.3 is 29.9 Å². The first-order chi connectivity index (χ1) is 14.1. The zero-order chi connectivity index (χ0) is 21.1. The summed E-state index contributed by atoms with van der Waals surface area (Å²) in [5.41, 5.74) is 0.924. The number of hydrogen-bond donors (Lipinski definition) is 2. The number of rotatable bonds is 10. The van der Waals surface area contributed by atoms with Crippen LogP contribution in [0.5, 0.6) is 11.5 Å². The minimum atomic E-state index is 0. The summed E-state index contributed by atoms with van der Waals surface area (Å²) in [4.78, 5) is 9.88. The highest BCUT2D eigenvalue weighted by Crippen LogP contribution is 2.30. The number of benzene rings is 1. The number of anilines is 1. The number of nitrogens with one attached hydrogen (secondary N) is 2. The maximum Gasteiger partial charge on any atom is 0.195 e. The van der Waals surface area contributed by atoms with Crippen LogP contribution in [0.2, 0.25) is 0 Å². The fourth-order valence-corrected chi connectivity index (χ4v) is 3.50. The molecular weight excluding hydrogens is 493 g/mol. The van der Waals surface area contributed by atoms with Crippen LogP contribution >= 0.6 is 24.0 Å². The molecule has 0 saturated carbocycles. The fourth-order valence-electron chi connectivity index (χ4n) is 3.50. The van der Waals surface area contributed by atoms with E-state index in [1.807, 2.05) is 25.1 Å². The molecule has 0 bridgehead atoms. The molecule has 1 unspecified atom stereocenters. The standard InChI is InChI=1S/C22H39N5O2.HI/c1-6-23-22(25-19-9-10-20(29-8-3)21(15-19)28-5)24-16-18(4)17-27-13-11-26(7-2)12-14-27;/h9-10,15,18H,6-8,11-14,16-17H2,1-5H3,(H2,23,24,25);1H. The molecule has 0 spiro atoms. The lowest BCUT2D eigenvalue weighted by Gasteiger charge is -2.35. The van der Waals surface area contributed by atoms with Crippen molar-refractivity contribution in [1.82, 2.24) is 15.1 Å². The third kappa shape index (κ3) is 8.85. The summed E-state index contributed by atoms with van der Waals surface area (Å²) in [7, 11) is 1.66. The van der Waals surface area contributed by atoms with E-state index in [1.165, 1.54) is 13.1 Å². The molecule has 0 radical (unpaired) electrons. The van der Waals surface area contributed by atoms with Gasteiger partial charge in [-0.1, -0.05) is 13.8 Å². The average Bonchev–Trinajstić information content (AvgIpc) is 2.74. The SMILES string of the molecule is CCNC(=NCC(C)CN1CCN(CC)CC1)Nc1ccc(OCC)c(OC)c1.I. The van der Waals surface area contributed by atoms with Crippen molar-refractivity contribution in [3.8, 4) is 11.5 Å². The lowest BCUT2D eigenvalue weighted by atomic mass is 10.1.